The van der Waals surface area contributed by atoms with Crippen LogP contribution in [0, 0.1) is 5.41 Å². The molecule has 112 valence electrons. The highest BCUT2D eigenvalue weighted by Crippen LogP contribution is 2.33. The molecule has 0 aromatic carbocycles. The monoisotopic (exact) mass is 270 g/mol. The Bertz CT molecular complexity index is 287. The van der Waals surface area contributed by atoms with E-state index < -0.39 is 5.60 Å². The molecule has 1 rings (SSSR count). The predicted octanol–water partition coefficient (Wildman–Crippen LogP) is 1.91. The smallest absolute Gasteiger partial charge is 0.230 e. The summed E-state index contributed by atoms with van der Waals surface area (Å²) in [4.78, 5) is 14.7. The van der Waals surface area contributed by atoms with Crippen molar-refractivity contribution >= 4 is 5.91 Å². The normalized spacial score (nSPS) is 19.5. The van der Waals surface area contributed by atoms with Crippen molar-refractivity contribution in [3.05, 3.63) is 0 Å². The minimum Gasteiger partial charge on any atom is -0.390 e. The molecule has 0 spiro atoms. The molecule has 0 radical (unpaired) electrons. The van der Waals surface area contributed by atoms with Crippen LogP contribution in [0.25, 0.3) is 0 Å². The van der Waals surface area contributed by atoms with Crippen LogP contribution in [0.3, 0.4) is 0 Å². The Balaban J connectivity index is 2.77. The summed E-state index contributed by atoms with van der Waals surface area (Å²) in [7, 11) is 0. The second-order valence-corrected chi connectivity index (χ2v) is 6.27. The molecule has 1 fully saturated rings. The molecule has 1 amide bonds. The second kappa shape index (κ2) is 6.71. The molecule has 0 aromatic rings. The third-order valence-corrected chi connectivity index (χ3v) is 4.43. The molecule has 0 aromatic heterocycles. The van der Waals surface area contributed by atoms with Crippen molar-refractivity contribution in [2.24, 2.45) is 11.1 Å². The van der Waals surface area contributed by atoms with E-state index in [2.05, 4.69) is 13.8 Å². The van der Waals surface area contributed by atoms with Gasteiger partial charge in [0.25, 0.3) is 0 Å². The summed E-state index contributed by atoms with van der Waals surface area (Å²) in [5, 5.41) is 9.98. The molecule has 1 heterocycles. The number of hydrogen-bond acceptors (Lipinski definition) is 3. The van der Waals surface area contributed by atoms with Crippen LogP contribution in [0.1, 0.15) is 59.3 Å². The number of nitrogens with zero attached hydrogens (tertiary/aromatic N) is 1. The topological polar surface area (TPSA) is 66.6 Å². The molecule has 3 N–H and O–H groups in total. The Morgan fingerprint density at radius 3 is 2.11 bits per heavy atom. The molecule has 0 aliphatic carbocycles. The van der Waals surface area contributed by atoms with Crippen molar-refractivity contribution < 1.29 is 9.90 Å². The fraction of sp³-hybridized carbons (Fsp3) is 0.933. The van der Waals surface area contributed by atoms with Crippen LogP contribution in [0.2, 0.25) is 0 Å². The van der Waals surface area contributed by atoms with Crippen molar-refractivity contribution in [2.45, 2.75) is 64.9 Å². The van der Waals surface area contributed by atoms with E-state index in [-0.39, 0.29) is 11.3 Å². The summed E-state index contributed by atoms with van der Waals surface area (Å²) in [6.45, 7) is 7.80. The summed E-state index contributed by atoms with van der Waals surface area (Å²) in [5.74, 6) is 0.203. The minimum atomic E-state index is -0.613. The van der Waals surface area contributed by atoms with Crippen LogP contribution < -0.4 is 5.73 Å². The Morgan fingerprint density at radius 2 is 1.74 bits per heavy atom. The highest BCUT2D eigenvalue weighted by Gasteiger charge is 2.40. The molecule has 19 heavy (non-hydrogen) atoms. The Kier molecular flexibility index (Phi) is 5.81. The summed E-state index contributed by atoms with van der Waals surface area (Å²) >= 11 is 0. The molecular weight excluding hydrogens is 240 g/mol. The lowest BCUT2D eigenvalue weighted by Crippen LogP contribution is -2.53. The van der Waals surface area contributed by atoms with Crippen molar-refractivity contribution in [3.63, 3.8) is 0 Å². The summed E-state index contributed by atoms with van der Waals surface area (Å²) in [5.41, 5.74) is 4.95. The number of rotatable bonds is 6. The molecular formula is C15H30N2O2. The van der Waals surface area contributed by atoms with Gasteiger partial charge in [-0.3, -0.25) is 4.79 Å². The number of carbonyl (C=O) groups is 1. The summed E-state index contributed by atoms with van der Waals surface area (Å²) in [6.07, 6.45) is 5.02. The fourth-order valence-corrected chi connectivity index (χ4v) is 3.11. The molecule has 0 bridgehead atoms. The molecule has 4 nitrogen and oxygen atoms in total. The van der Waals surface area contributed by atoms with Gasteiger partial charge in [-0.25, -0.2) is 0 Å². The van der Waals surface area contributed by atoms with E-state index in [1.165, 1.54) is 0 Å². The van der Waals surface area contributed by atoms with Gasteiger partial charge in [0.2, 0.25) is 5.91 Å². The average Bonchev–Trinajstić information content (AvgIpc) is 2.37. The lowest BCUT2D eigenvalue weighted by Gasteiger charge is -2.41. The standard InChI is InChI=1S/C15H30N2O2/c1-4-6-15(12-16,7-5-2)13(18)17-10-8-14(3,19)9-11-17/h19H,4-12,16H2,1-3H3. The van der Waals surface area contributed by atoms with Gasteiger partial charge in [-0.15, -0.1) is 0 Å². The van der Waals surface area contributed by atoms with Gasteiger partial charge in [-0.2, -0.15) is 0 Å². The second-order valence-electron chi connectivity index (χ2n) is 6.27. The largest absolute Gasteiger partial charge is 0.390 e. The predicted molar refractivity (Wildman–Crippen MR) is 77.7 cm³/mol. The zero-order chi connectivity index (χ0) is 14.5. The van der Waals surface area contributed by atoms with E-state index in [0.29, 0.717) is 32.5 Å². The number of amides is 1. The van der Waals surface area contributed by atoms with Crippen LogP contribution in [-0.4, -0.2) is 41.1 Å². The lowest BCUT2D eigenvalue weighted by atomic mass is 9.77. The SMILES string of the molecule is CCCC(CN)(CCC)C(=O)N1CCC(C)(O)CC1. The zero-order valence-electron chi connectivity index (χ0n) is 12.7. The first-order valence-corrected chi connectivity index (χ1v) is 7.62. The average molecular weight is 270 g/mol. The Hall–Kier alpha value is -0.610. The van der Waals surface area contributed by atoms with E-state index in [1.807, 2.05) is 11.8 Å². The van der Waals surface area contributed by atoms with Crippen LogP contribution in [0.15, 0.2) is 0 Å². The van der Waals surface area contributed by atoms with E-state index in [0.717, 1.165) is 25.7 Å². The minimum absolute atomic E-state index is 0.203. The molecule has 0 saturated carbocycles. The van der Waals surface area contributed by atoms with Gasteiger partial charge in [0.1, 0.15) is 0 Å². The lowest BCUT2D eigenvalue weighted by molar-refractivity contribution is -0.146. The summed E-state index contributed by atoms with van der Waals surface area (Å²) < 4.78 is 0. The number of hydrogen-bond donors (Lipinski definition) is 2. The Labute approximate surface area is 117 Å². The highest BCUT2D eigenvalue weighted by molar-refractivity contribution is 5.83. The van der Waals surface area contributed by atoms with Crippen molar-refractivity contribution in [1.29, 1.82) is 0 Å². The number of nitrogens with two attached hydrogens (primary N) is 1. The van der Waals surface area contributed by atoms with Gasteiger partial charge < -0.3 is 15.7 Å². The maximum Gasteiger partial charge on any atom is 0.230 e. The first-order chi connectivity index (χ1) is 8.90. The van der Waals surface area contributed by atoms with Gasteiger partial charge in [0.15, 0.2) is 0 Å². The number of likely N-dealkylation sites (tertiary alicyclic amines) is 1. The van der Waals surface area contributed by atoms with Gasteiger partial charge in [-0.1, -0.05) is 26.7 Å². The number of aliphatic hydroxyl groups is 1. The molecule has 0 atom stereocenters. The maximum absolute atomic E-state index is 12.8. The molecule has 1 saturated heterocycles. The maximum atomic E-state index is 12.8. The van der Waals surface area contributed by atoms with Gasteiger partial charge in [0.05, 0.1) is 11.0 Å². The molecule has 1 aliphatic rings. The quantitative estimate of drug-likeness (QED) is 0.774. The van der Waals surface area contributed by atoms with Crippen molar-refractivity contribution in [3.8, 4) is 0 Å². The van der Waals surface area contributed by atoms with Crippen LogP contribution >= 0.6 is 0 Å². The van der Waals surface area contributed by atoms with Gasteiger partial charge in [-0.05, 0) is 32.6 Å². The van der Waals surface area contributed by atoms with E-state index >= 15 is 0 Å². The van der Waals surface area contributed by atoms with Crippen LogP contribution in [0.5, 0.6) is 0 Å². The van der Waals surface area contributed by atoms with Crippen LogP contribution in [0.4, 0.5) is 0 Å². The van der Waals surface area contributed by atoms with Crippen molar-refractivity contribution in [1.82, 2.24) is 4.90 Å². The first-order valence-electron chi connectivity index (χ1n) is 7.62. The van der Waals surface area contributed by atoms with Gasteiger partial charge >= 0.3 is 0 Å². The summed E-state index contributed by atoms with van der Waals surface area (Å²) in [6, 6.07) is 0. The molecule has 1 aliphatic heterocycles. The van der Waals surface area contributed by atoms with E-state index in [1.54, 1.807) is 0 Å². The zero-order valence-corrected chi connectivity index (χ0v) is 12.7. The number of carbonyl (C=O) groups excluding carboxylic acids is 1. The van der Waals surface area contributed by atoms with Crippen molar-refractivity contribution in [2.75, 3.05) is 19.6 Å². The third-order valence-electron chi connectivity index (χ3n) is 4.43. The van der Waals surface area contributed by atoms with Crippen LogP contribution in [-0.2, 0) is 4.79 Å². The molecule has 4 heteroatoms. The van der Waals surface area contributed by atoms with E-state index in [4.69, 9.17) is 5.73 Å². The first kappa shape index (κ1) is 16.4. The molecule has 0 unspecified atom stereocenters. The fourth-order valence-electron chi connectivity index (χ4n) is 3.11. The highest BCUT2D eigenvalue weighted by atomic mass is 16.3. The van der Waals surface area contributed by atoms with Gasteiger partial charge in [0, 0.05) is 19.6 Å². The third kappa shape index (κ3) is 3.93. The number of piperidine rings is 1. The van der Waals surface area contributed by atoms with E-state index in [9.17, 15) is 9.90 Å². The Morgan fingerprint density at radius 1 is 1.26 bits per heavy atom.